The van der Waals surface area contributed by atoms with Crippen LogP contribution in [0.4, 0.5) is 0 Å². The molecule has 0 atom stereocenters. The van der Waals surface area contributed by atoms with Crippen LogP contribution in [0, 0.1) is 0 Å². The molecule has 3 heterocycles. The van der Waals surface area contributed by atoms with Gasteiger partial charge in [-0.15, -0.1) is 0 Å². The first-order valence-electron chi connectivity index (χ1n) is 7.72. The van der Waals surface area contributed by atoms with Gasteiger partial charge in [0.1, 0.15) is 5.71 Å². The topological polar surface area (TPSA) is 97.9 Å². The van der Waals surface area contributed by atoms with Crippen molar-refractivity contribution in [3.63, 3.8) is 0 Å². The molecule has 0 aliphatic carbocycles. The third-order valence-electron chi connectivity index (χ3n) is 4.07. The van der Waals surface area contributed by atoms with Gasteiger partial charge in [-0.25, -0.2) is 5.43 Å². The highest BCUT2D eigenvalue weighted by Crippen LogP contribution is 2.11. The van der Waals surface area contributed by atoms with Crippen molar-refractivity contribution in [1.82, 2.24) is 20.2 Å². The van der Waals surface area contributed by atoms with Crippen molar-refractivity contribution in [3.05, 3.63) is 24.0 Å². The smallest absolute Gasteiger partial charge is 0.270 e. The van der Waals surface area contributed by atoms with Gasteiger partial charge >= 0.3 is 0 Å². The molecule has 0 radical (unpaired) electrons. The Balaban J connectivity index is 1.61. The van der Waals surface area contributed by atoms with E-state index in [0.29, 0.717) is 43.9 Å². The van der Waals surface area contributed by atoms with Crippen molar-refractivity contribution in [2.45, 2.75) is 19.3 Å². The number of rotatable bonds is 2. The van der Waals surface area contributed by atoms with Crippen LogP contribution in [0.5, 0.6) is 0 Å². The third-order valence-corrected chi connectivity index (χ3v) is 4.07. The van der Waals surface area contributed by atoms with E-state index in [2.05, 4.69) is 15.5 Å². The summed E-state index contributed by atoms with van der Waals surface area (Å²) in [6, 6.07) is 1.75. The van der Waals surface area contributed by atoms with Crippen LogP contribution in [0.25, 0.3) is 0 Å². The lowest BCUT2D eigenvalue weighted by molar-refractivity contribution is -0.124. The van der Waals surface area contributed by atoms with Crippen LogP contribution in [-0.2, 0) is 9.59 Å². The van der Waals surface area contributed by atoms with Crippen molar-refractivity contribution in [2.75, 3.05) is 26.2 Å². The summed E-state index contributed by atoms with van der Waals surface area (Å²) in [5, 5.41) is 3.85. The number of carbonyl (C=O) groups excluding carboxylic acids is 3. The second-order valence-electron chi connectivity index (χ2n) is 5.63. The SMILES string of the molecule is O=C1CCC(C(=O)N2CCCN(C(=O)c3cc[nH]c3)CC2)=NN1. The first-order chi connectivity index (χ1) is 11.1. The number of H-pyrrole nitrogens is 1. The van der Waals surface area contributed by atoms with E-state index in [4.69, 9.17) is 0 Å². The number of nitrogens with zero attached hydrogens (tertiary/aromatic N) is 3. The molecular weight excluding hydrogens is 298 g/mol. The molecule has 2 aliphatic heterocycles. The fourth-order valence-electron chi connectivity index (χ4n) is 2.77. The molecule has 0 saturated carbocycles. The monoisotopic (exact) mass is 317 g/mol. The minimum atomic E-state index is -0.166. The van der Waals surface area contributed by atoms with Crippen LogP contribution in [0.15, 0.2) is 23.6 Å². The van der Waals surface area contributed by atoms with Crippen LogP contribution >= 0.6 is 0 Å². The lowest BCUT2D eigenvalue weighted by Crippen LogP contribution is -2.42. The molecule has 0 aromatic carbocycles. The van der Waals surface area contributed by atoms with E-state index in [1.807, 2.05) is 0 Å². The number of hydrogen-bond donors (Lipinski definition) is 2. The van der Waals surface area contributed by atoms with Crippen LogP contribution in [-0.4, -0.2) is 64.4 Å². The second-order valence-corrected chi connectivity index (χ2v) is 5.63. The summed E-state index contributed by atoms with van der Waals surface area (Å²) in [5.74, 6) is -0.343. The van der Waals surface area contributed by atoms with Gasteiger partial charge in [0.05, 0.1) is 5.56 Å². The Labute approximate surface area is 133 Å². The average molecular weight is 317 g/mol. The summed E-state index contributed by atoms with van der Waals surface area (Å²) < 4.78 is 0. The number of hydrogen-bond acceptors (Lipinski definition) is 4. The third kappa shape index (κ3) is 3.41. The number of hydrazone groups is 1. The summed E-state index contributed by atoms with van der Waals surface area (Å²) >= 11 is 0. The number of aromatic nitrogens is 1. The summed E-state index contributed by atoms with van der Waals surface area (Å²) in [6.45, 7) is 2.18. The van der Waals surface area contributed by atoms with Crippen molar-refractivity contribution < 1.29 is 14.4 Å². The van der Waals surface area contributed by atoms with Gasteiger partial charge in [0.25, 0.3) is 11.8 Å². The van der Waals surface area contributed by atoms with Crippen LogP contribution in [0.3, 0.4) is 0 Å². The maximum Gasteiger partial charge on any atom is 0.270 e. The van der Waals surface area contributed by atoms with Gasteiger partial charge in [-0.3, -0.25) is 14.4 Å². The van der Waals surface area contributed by atoms with Crippen molar-refractivity contribution in [1.29, 1.82) is 0 Å². The fourth-order valence-corrected chi connectivity index (χ4v) is 2.77. The van der Waals surface area contributed by atoms with E-state index >= 15 is 0 Å². The molecule has 2 N–H and O–H groups in total. The quantitative estimate of drug-likeness (QED) is 0.800. The molecule has 8 nitrogen and oxygen atoms in total. The van der Waals surface area contributed by atoms with Gasteiger partial charge in [-0.1, -0.05) is 0 Å². The number of aromatic amines is 1. The highest BCUT2D eigenvalue weighted by atomic mass is 16.2. The summed E-state index contributed by atoms with van der Waals surface area (Å²) in [6.07, 6.45) is 4.77. The van der Waals surface area contributed by atoms with E-state index < -0.39 is 0 Å². The molecule has 2 aliphatic rings. The summed E-state index contributed by atoms with van der Waals surface area (Å²) in [5.41, 5.74) is 3.36. The molecular formula is C15H19N5O3. The minimum Gasteiger partial charge on any atom is -0.367 e. The normalized spacial score (nSPS) is 19.0. The molecule has 1 fully saturated rings. The van der Waals surface area contributed by atoms with Gasteiger partial charge in [-0.05, 0) is 12.5 Å². The molecule has 1 aromatic heterocycles. The Bertz CT molecular complexity index is 638. The van der Waals surface area contributed by atoms with E-state index in [1.165, 1.54) is 0 Å². The van der Waals surface area contributed by atoms with E-state index in [9.17, 15) is 14.4 Å². The van der Waals surface area contributed by atoms with Gasteiger partial charge < -0.3 is 14.8 Å². The molecule has 23 heavy (non-hydrogen) atoms. The van der Waals surface area contributed by atoms with Crippen LogP contribution in [0.2, 0.25) is 0 Å². The van der Waals surface area contributed by atoms with Crippen LogP contribution in [0.1, 0.15) is 29.6 Å². The zero-order valence-electron chi connectivity index (χ0n) is 12.7. The maximum atomic E-state index is 12.5. The highest BCUT2D eigenvalue weighted by Gasteiger charge is 2.27. The van der Waals surface area contributed by atoms with Crippen molar-refractivity contribution in [3.8, 4) is 0 Å². The second kappa shape index (κ2) is 6.64. The summed E-state index contributed by atoms with van der Waals surface area (Å²) in [7, 11) is 0. The van der Waals surface area contributed by atoms with Gasteiger partial charge in [-0.2, -0.15) is 5.10 Å². The van der Waals surface area contributed by atoms with E-state index in [0.717, 1.165) is 6.42 Å². The zero-order valence-corrected chi connectivity index (χ0v) is 12.7. The molecule has 0 spiro atoms. The number of nitrogens with one attached hydrogen (secondary N) is 2. The predicted molar refractivity (Wildman–Crippen MR) is 82.7 cm³/mol. The van der Waals surface area contributed by atoms with Crippen molar-refractivity contribution in [2.24, 2.45) is 5.10 Å². The Hall–Kier alpha value is -2.64. The lowest BCUT2D eigenvalue weighted by Gasteiger charge is -2.23. The Kier molecular flexibility index (Phi) is 4.40. The zero-order chi connectivity index (χ0) is 16.2. The van der Waals surface area contributed by atoms with E-state index in [1.54, 1.807) is 28.3 Å². The lowest BCUT2D eigenvalue weighted by atomic mass is 10.1. The largest absolute Gasteiger partial charge is 0.367 e. The predicted octanol–water partition coefficient (Wildman–Crippen LogP) is -0.0448. The molecule has 3 amide bonds. The Morgan fingerprint density at radius 3 is 2.39 bits per heavy atom. The van der Waals surface area contributed by atoms with Crippen LogP contribution < -0.4 is 5.43 Å². The van der Waals surface area contributed by atoms with Gasteiger partial charge in [0.2, 0.25) is 5.91 Å². The Morgan fingerprint density at radius 1 is 1.04 bits per heavy atom. The Morgan fingerprint density at radius 2 is 1.78 bits per heavy atom. The average Bonchev–Trinajstić information content (AvgIpc) is 2.99. The minimum absolute atomic E-state index is 0.0252. The first kappa shape index (κ1) is 15.3. The first-order valence-corrected chi connectivity index (χ1v) is 7.72. The molecule has 1 saturated heterocycles. The van der Waals surface area contributed by atoms with Gasteiger partial charge in [0.15, 0.2) is 0 Å². The molecule has 122 valence electrons. The molecule has 8 heteroatoms. The van der Waals surface area contributed by atoms with Crippen molar-refractivity contribution >= 4 is 23.4 Å². The number of amides is 3. The maximum absolute atomic E-state index is 12.5. The standard InChI is InChI=1S/C15H19N5O3/c21-13-3-2-12(17-18-13)15(23)20-7-1-6-19(8-9-20)14(22)11-4-5-16-10-11/h4-5,10,16H,1-3,6-9H2,(H,18,21). The van der Waals surface area contributed by atoms with Gasteiger partial charge in [0, 0.05) is 51.4 Å². The molecule has 1 aromatic rings. The summed E-state index contributed by atoms with van der Waals surface area (Å²) in [4.78, 5) is 42.3. The highest BCUT2D eigenvalue weighted by molar-refractivity contribution is 6.39. The van der Waals surface area contributed by atoms with E-state index in [-0.39, 0.29) is 24.1 Å². The molecule has 3 rings (SSSR count). The molecule has 0 bridgehead atoms. The molecule has 0 unspecified atom stereocenters. The number of carbonyl (C=O) groups is 3. The fraction of sp³-hybridized carbons (Fsp3) is 0.467.